The van der Waals surface area contributed by atoms with E-state index >= 15 is 0 Å². The molecule has 1 aromatic heterocycles. The predicted octanol–water partition coefficient (Wildman–Crippen LogP) is 3.03. The summed E-state index contributed by atoms with van der Waals surface area (Å²) < 4.78 is 13.7. The first-order valence-corrected chi connectivity index (χ1v) is 9.05. The number of halogens is 1. The van der Waals surface area contributed by atoms with Crippen LogP contribution >= 0.6 is 11.3 Å². The van der Waals surface area contributed by atoms with Crippen molar-refractivity contribution in [3.05, 3.63) is 52.5 Å². The molecule has 1 saturated heterocycles. The van der Waals surface area contributed by atoms with Gasteiger partial charge in [-0.3, -0.25) is 14.6 Å². The summed E-state index contributed by atoms with van der Waals surface area (Å²) in [6, 6.07) is 10.2. The molecule has 0 radical (unpaired) electrons. The second-order valence-corrected chi connectivity index (χ2v) is 7.07. The van der Waals surface area contributed by atoms with Crippen molar-refractivity contribution in [1.29, 1.82) is 0 Å². The molecule has 24 heavy (non-hydrogen) atoms. The average molecular weight is 347 g/mol. The van der Waals surface area contributed by atoms with Crippen molar-refractivity contribution in [1.82, 2.24) is 9.80 Å². The molecule has 3 rings (SSSR count). The molecular weight excluding hydrogens is 325 g/mol. The van der Waals surface area contributed by atoms with Crippen molar-refractivity contribution in [3.63, 3.8) is 0 Å². The van der Waals surface area contributed by atoms with E-state index in [4.69, 9.17) is 0 Å². The monoisotopic (exact) mass is 347 g/mol. The Morgan fingerprint density at radius 2 is 1.96 bits per heavy atom. The van der Waals surface area contributed by atoms with Crippen LogP contribution in [0, 0.1) is 5.82 Å². The highest BCUT2D eigenvalue weighted by Crippen LogP contribution is 2.16. The third-order valence-electron chi connectivity index (χ3n) is 4.43. The summed E-state index contributed by atoms with van der Waals surface area (Å²) in [6.07, 6.45) is 0. The van der Waals surface area contributed by atoms with Gasteiger partial charge in [0.15, 0.2) is 0 Å². The topological polar surface area (TPSA) is 35.6 Å². The number of hydrogen-bond donors (Lipinski definition) is 1. The molecular formula is C18H22FN3OS. The highest BCUT2D eigenvalue weighted by Gasteiger charge is 2.26. The molecule has 1 amide bonds. The normalized spacial score (nSPS) is 17.6. The fourth-order valence-electron chi connectivity index (χ4n) is 2.90. The molecule has 2 aromatic rings. The zero-order valence-corrected chi connectivity index (χ0v) is 14.6. The third kappa shape index (κ3) is 4.20. The number of nitrogens with one attached hydrogen (secondary N) is 1. The van der Waals surface area contributed by atoms with Crippen LogP contribution in [0.2, 0.25) is 0 Å². The first-order chi connectivity index (χ1) is 11.6. The van der Waals surface area contributed by atoms with Crippen LogP contribution in [-0.4, -0.2) is 47.9 Å². The molecule has 0 aliphatic carbocycles. The van der Waals surface area contributed by atoms with Crippen LogP contribution in [0.4, 0.5) is 10.1 Å². The van der Waals surface area contributed by atoms with E-state index in [0.717, 1.165) is 32.7 Å². The lowest BCUT2D eigenvalue weighted by atomic mass is 10.2. The van der Waals surface area contributed by atoms with E-state index in [9.17, 15) is 9.18 Å². The lowest BCUT2D eigenvalue weighted by molar-refractivity contribution is -0.121. The fraction of sp³-hybridized carbons (Fsp3) is 0.389. The van der Waals surface area contributed by atoms with Gasteiger partial charge in [-0.15, -0.1) is 11.3 Å². The summed E-state index contributed by atoms with van der Waals surface area (Å²) in [5, 5.41) is 4.79. The number of rotatable bonds is 5. The minimum Gasteiger partial charge on any atom is -0.322 e. The Bertz CT molecular complexity index is 669. The predicted molar refractivity (Wildman–Crippen MR) is 95.7 cm³/mol. The van der Waals surface area contributed by atoms with E-state index in [1.165, 1.54) is 10.9 Å². The zero-order valence-electron chi connectivity index (χ0n) is 13.7. The Hall–Kier alpha value is -1.76. The van der Waals surface area contributed by atoms with Crippen LogP contribution in [0.3, 0.4) is 0 Å². The van der Waals surface area contributed by atoms with E-state index < -0.39 is 5.82 Å². The van der Waals surface area contributed by atoms with E-state index in [1.54, 1.807) is 29.5 Å². The van der Waals surface area contributed by atoms with Gasteiger partial charge in [-0.05, 0) is 30.5 Å². The summed E-state index contributed by atoms with van der Waals surface area (Å²) in [7, 11) is 0. The van der Waals surface area contributed by atoms with Crippen molar-refractivity contribution in [3.8, 4) is 0 Å². The SMILES string of the molecule is CC(C(=O)Nc1ccccc1F)N1CCN(Cc2cccs2)CC1. The Morgan fingerprint density at radius 3 is 2.62 bits per heavy atom. The summed E-state index contributed by atoms with van der Waals surface area (Å²) in [5.41, 5.74) is 0.241. The van der Waals surface area contributed by atoms with E-state index in [0.29, 0.717) is 0 Å². The number of amides is 1. The van der Waals surface area contributed by atoms with Crippen LogP contribution in [-0.2, 0) is 11.3 Å². The highest BCUT2D eigenvalue weighted by molar-refractivity contribution is 7.09. The smallest absolute Gasteiger partial charge is 0.241 e. The van der Waals surface area contributed by atoms with Crippen LogP contribution in [0.5, 0.6) is 0 Å². The number of hydrogen-bond acceptors (Lipinski definition) is 4. The lowest BCUT2D eigenvalue weighted by Gasteiger charge is -2.37. The number of para-hydroxylation sites is 1. The summed E-state index contributed by atoms with van der Waals surface area (Å²) in [5.74, 6) is -0.564. The highest BCUT2D eigenvalue weighted by atomic mass is 32.1. The van der Waals surface area contributed by atoms with E-state index in [2.05, 4.69) is 32.6 Å². The van der Waals surface area contributed by atoms with Gasteiger partial charge in [0.25, 0.3) is 0 Å². The van der Waals surface area contributed by atoms with Gasteiger partial charge in [-0.25, -0.2) is 4.39 Å². The summed E-state index contributed by atoms with van der Waals surface area (Å²) >= 11 is 1.78. The van der Waals surface area contributed by atoms with Gasteiger partial charge in [0.05, 0.1) is 11.7 Å². The molecule has 0 bridgehead atoms. The second kappa shape index (κ2) is 7.88. The average Bonchev–Trinajstić information content (AvgIpc) is 3.10. The summed E-state index contributed by atoms with van der Waals surface area (Å²) in [6.45, 7) is 6.42. The number of anilines is 1. The lowest BCUT2D eigenvalue weighted by Crippen LogP contribution is -2.52. The van der Waals surface area contributed by atoms with Crippen molar-refractivity contribution in [2.75, 3.05) is 31.5 Å². The van der Waals surface area contributed by atoms with E-state index in [-0.39, 0.29) is 17.6 Å². The van der Waals surface area contributed by atoms with Crippen LogP contribution < -0.4 is 5.32 Å². The van der Waals surface area contributed by atoms with Crippen molar-refractivity contribution in [2.24, 2.45) is 0 Å². The maximum Gasteiger partial charge on any atom is 0.241 e. The van der Waals surface area contributed by atoms with Crippen LogP contribution in [0.25, 0.3) is 0 Å². The van der Waals surface area contributed by atoms with Gasteiger partial charge < -0.3 is 5.32 Å². The molecule has 4 nitrogen and oxygen atoms in total. The van der Waals surface area contributed by atoms with E-state index in [1.807, 2.05) is 6.92 Å². The number of carbonyl (C=O) groups excluding carboxylic acids is 1. The third-order valence-corrected chi connectivity index (χ3v) is 5.29. The van der Waals surface area contributed by atoms with Crippen molar-refractivity contribution >= 4 is 22.9 Å². The van der Waals surface area contributed by atoms with Gasteiger partial charge in [-0.2, -0.15) is 0 Å². The van der Waals surface area contributed by atoms with Gasteiger partial charge in [0.2, 0.25) is 5.91 Å². The number of nitrogens with zero attached hydrogens (tertiary/aromatic N) is 2. The Labute approximate surface area is 145 Å². The zero-order chi connectivity index (χ0) is 16.9. The standard InChI is InChI=1S/C18H22FN3OS/c1-14(18(23)20-17-7-3-2-6-16(17)19)22-10-8-21(9-11-22)13-15-5-4-12-24-15/h2-7,12,14H,8-11,13H2,1H3,(H,20,23). The molecule has 1 aromatic carbocycles. The van der Waals surface area contributed by atoms with Gasteiger partial charge in [0.1, 0.15) is 5.82 Å². The molecule has 2 heterocycles. The van der Waals surface area contributed by atoms with Gasteiger partial charge in [0, 0.05) is 37.6 Å². The molecule has 1 N–H and O–H groups in total. The summed E-state index contributed by atoms with van der Waals surface area (Å²) in [4.78, 5) is 18.3. The molecule has 1 fully saturated rings. The minimum absolute atomic E-state index is 0.160. The Morgan fingerprint density at radius 1 is 1.21 bits per heavy atom. The quantitative estimate of drug-likeness (QED) is 0.903. The Balaban J connectivity index is 1.50. The molecule has 1 aliphatic heterocycles. The molecule has 1 unspecified atom stereocenters. The molecule has 1 atom stereocenters. The maximum absolute atomic E-state index is 13.7. The van der Waals surface area contributed by atoms with Crippen molar-refractivity contribution in [2.45, 2.75) is 19.5 Å². The van der Waals surface area contributed by atoms with Gasteiger partial charge >= 0.3 is 0 Å². The van der Waals surface area contributed by atoms with Gasteiger partial charge in [-0.1, -0.05) is 18.2 Å². The molecule has 6 heteroatoms. The second-order valence-electron chi connectivity index (χ2n) is 6.04. The Kier molecular flexibility index (Phi) is 5.60. The number of benzene rings is 1. The van der Waals surface area contributed by atoms with Crippen molar-refractivity contribution < 1.29 is 9.18 Å². The maximum atomic E-state index is 13.7. The molecule has 0 saturated carbocycles. The number of piperazine rings is 1. The van der Waals surface area contributed by atoms with Crippen LogP contribution in [0.1, 0.15) is 11.8 Å². The first kappa shape index (κ1) is 17.1. The minimum atomic E-state index is -0.404. The largest absolute Gasteiger partial charge is 0.322 e. The molecule has 0 spiro atoms. The fourth-order valence-corrected chi connectivity index (χ4v) is 3.64. The molecule has 1 aliphatic rings. The van der Waals surface area contributed by atoms with Crippen LogP contribution in [0.15, 0.2) is 41.8 Å². The number of carbonyl (C=O) groups is 1. The molecule has 128 valence electrons. The first-order valence-electron chi connectivity index (χ1n) is 8.17. The number of thiophene rings is 1.